The highest BCUT2D eigenvalue weighted by atomic mass is 19.4. The molecule has 0 bridgehead atoms. The molecule has 0 N–H and O–H groups in total. The van der Waals surface area contributed by atoms with Crippen LogP contribution in [-0.2, 0) is 6.18 Å². The van der Waals surface area contributed by atoms with Gasteiger partial charge >= 0.3 is 6.18 Å². The van der Waals surface area contributed by atoms with Gasteiger partial charge in [0, 0.05) is 0 Å². The van der Waals surface area contributed by atoms with Gasteiger partial charge in [-0.1, -0.05) is 13.8 Å². The molecule has 1 aromatic carbocycles. The van der Waals surface area contributed by atoms with Crippen molar-refractivity contribution in [3.8, 4) is 0 Å². The normalized spacial score (nSPS) is 12.3. The molecular formula is C12H15F3. The van der Waals surface area contributed by atoms with Crippen molar-refractivity contribution in [1.82, 2.24) is 0 Å². The molecule has 0 radical (unpaired) electrons. The van der Waals surface area contributed by atoms with Gasteiger partial charge in [0.15, 0.2) is 0 Å². The van der Waals surface area contributed by atoms with Crippen molar-refractivity contribution < 1.29 is 13.2 Å². The second-order valence-electron chi connectivity index (χ2n) is 4.16. The average molecular weight is 216 g/mol. The second-order valence-corrected chi connectivity index (χ2v) is 4.16. The minimum Gasteiger partial charge on any atom is -0.166 e. The Morgan fingerprint density at radius 2 is 1.60 bits per heavy atom. The summed E-state index contributed by atoms with van der Waals surface area (Å²) in [6, 6.07) is 2.47. The highest BCUT2D eigenvalue weighted by Gasteiger charge is 2.31. The molecule has 0 aromatic heterocycles. The Morgan fingerprint density at radius 3 is 2.00 bits per heavy atom. The molecule has 0 fully saturated rings. The van der Waals surface area contributed by atoms with Gasteiger partial charge < -0.3 is 0 Å². The van der Waals surface area contributed by atoms with Crippen molar-refractivity contribution >= 4 is 0 Å². The van der Waals surface area contributed by atoms with Crippen LogP contribution in [0.4, 0.5) is 13.2 Å². The van der Waals surface area contributed by atoms with Crippen molar-refractivity contribution in [2.75, 3.05) is 0 Å². The number of aryl methyl sites for hydroxylation is 1. The summed E-state index contributed by atoms with van der Waals surface area (Å²) in [7, 11) is 0. The zero-order valence-electron chi connectivity index (χ0n) is 9.37. The smallest absolute Gasteiger partial charge is 0.166 e. The molecule has 0 aliphatic rings. The minimum absolute atomic E-state index is 0.117. The summed E-state index contributed by atoms with van der Waals surface area (Å²) in [5.74, 6) is 0.117. The zero-order chi connectivity index (χ0) is 11.8. The van der Waals surface area contributed by atoms with Crippen LogP contribution >= 0.6 is 0 Å². The Bertz CT molecular complexity index is 362. The lowest BCUT2D eigenvalue weighted by Gasteiger charge is -2.16. The molecule has 0 heterocycles. The first kappa shape index (κ1) is 12.1. The fraction of sp³-hybridized carbons (Fsp3) is 0.500. The molecule has 1 rings (SSSR count). The van der Waals surface area contributed by atoms with Gasteiger partial charge in [0.2, 0.25) is 0 Å². The van der Waals surface area contributed by atoms with Crippen LogP contribution in [-0.4, -0.2) is 0 Å². The van der Waals surface area contributed by atoms with E-state index < -0.39 is 11.7 Å². The lowest BCUT2D eigenvalue weighted by molar-refractivity contribution is -0.137. The first-order valence-corrected chi connectivity index (χ1v) is 4.92. The van der Waals surface area contributed by atoms with Gasteiger partial charge in [0.25, 0.3) is 0 Å². The van der Waals surface area contributed by atoms with E-state index in [0.717, 1.165) is 11.1 Å². The Kier molecular flexibility index (Phi) is 3.12. The summed E-state index contributed by atoms with van der Waals surface area (Å²) in [6.07, 6.45) is -4.25. The maximum atomic E-state index is 12.5. The van der Waals surface area contributed by atoms with Crippen molar-refractivity contribution in [1.29, 1.82) is 0 Å². The molecule has 0 atom stereocenters. The fourth-order valence-corrected chi connectivity index (χ4v) is 1.65. The first-order chi connectivity index (χ1) is 6.73. The van der Waals surface area contributed by atoms with Crippen molar-refractivity contribution in [3.05, 3.63) is 34.4 Å². The summed E-state index contributed by atoms with van der Waals surface area (Å²) < 4.78 is 37.6. The third-order valence-corrected chi connectivity index (χ3v) is 2.66. The monoisotopic (exact) mass is 216 g/mol. The van der Waals surface area contributed by atoms with E-state index in [-0.39, 0.29) is 5.92 Å². The summed E-state index contributed by atoms with van der Waals surface area (Å²) in [4.78, 5) is 0. The van der Waals surface area contributed by atoms with Crippen LogP contribution in [0.3, 0.4) is 0 Å². The molecule has 15 heavy (non-hydrogen) atoms. The fourth-order valence-electron chi connectivity index (χ4n) is 1.65. The zero-order valence-corrected chi connectivity index (χ0v) is 9.37. The largest absolute Gasteiger partial charge is 0.416 e. The molecule has 0 spiro atoms. The molecule has 0 aliphatic heterocycles. The summed E-state index contributed by atoms with van der Waals surface area (Å²) in [5, 5.41) is 0. The average Bonchev–Trinajstić information content (AvgIpc) is 2.06. The van der Waals surface area contributed by atoms with Crippen LogP contribution < -0.4 is 0 Å². The Labute approximate surface area is 88.1 Å². The Balaban J connectivity index is 3.36. The minimum atomic E-state index is -4.25. The topological polar surface area (TPSA) is 0 Å². The lowest BCUT2D eigenvalue weighted by atomic mass is 9.92. The van der Waals surface area contributed by atoms with E-state index in [2.05, 4.69) is 0 Å². The SMILES string of the molecule is Cc1cc(C(F)(F)F)cc(C(C)C)c1C. The number of alkyl halides is 3. The van der Waals surface area contributed by atoms with Crippen LogP contribution in [0.5, 0.6) is 0 Å². The van der Waals surface area contributed by atoms with E-state index >= 15 is 0 Å². The molecule has 0 saturated carbocycles. The van der Waals surface area contributed by atoms with Crippen molar-refractivity contribution in [3.63, 3.8) is 0 Å². The molecular weight excluding hydrogens is 201 g/mol. The maximum absolute atomic E-state index is 12.5. The molecule has 0 aliphatic carbocycles. The number of benzene rings is 1. The van der Waals surface area contributed by atoms with Gasteiger partial charge in [-0.2, -0.15) is 13.2 Å². The van der Waals surface area contributed by atoms with E-state index in [0.29, 0.717) is 5.56 Å². The lowest BCUT2D eigenvalue weighted by Crippen LogP contribution is -2.08. The summed E-state index contributed by atoms with van der Waals surface area (Å²) in [5.41, 5.74) is 1.89. The number of halogens is 3. The van der Waals surface area contributed by atoms with Gasteiger partial charge in [0.05, 0.1) is 5.56 Å². The van der Waals surface area contributed by atoms with Crippen LogP contribution in [0.15, 0.2) is 12.1 Å². The molecule has 1 aromatic rings. The summed E-state index contributed by atoms with van der Waals surface area (Å²) in [6.45, 7) is 7.39. The number of hydrogen-bond donors (Lipinski definition) is 0. The number of rotatable bonds is 1. The van der Waals surface area contributed by atoms with E-state index in [1.54, 1.807) is 6.92 Å². The van der Waals surface area contributed by atoms with Crippen LogP contribution in [0.25, 0.3) is 0 Å². The van der Waals surface area contributed by atoms with E-state index in [1.807, 2.05) is 20.8 Å². The molecule has 0 nitrogen and oxygen atoms in total. The summed E-state index contributed by atoms with van der Waals surface area (Å²) >= 11 is 0. The predicted octanol–water partition coefficient (Wildman–Crippen LogP) is 4.45. The molecule has 84 valence electrons. The third kappa shape index (κ3) is 2.52. The molecule has 0 unspecified atom stereocenters. The molecule has 0 amide bonds. The Morgan fingerprint density at radius 1 is 1.07 bits per heavy atom. The Hall–Kier alpha value is -0.990. The van der Waals surface area contributed by atoms with Crippen LogP contribution in [0, 0.1) is 13.8 Å². The maximum Gasteiger partial charge on any atom is 0.416 e. The highest BCUT2D eigenvalue weighted by Crippen LogP contribution is 2.33. The molecule has 3 heteroatoms. The van der Waals surface area contributed by atoms with E-state index in [4.69, 9.17) is 0 Å². The van der Waals surface area contributed by atoms with Crippen LogP contribution in [0.1, 0.15) is 42.0 Å². The van der Waals surface area contributed by atoms with Crippen molar-refractivity contribution in [2.24, 2.45) is 0 Å². The highest BCUT2D eigenvalue weighted by molar-refractivity contribution is 5.40. The van der Waals surface area contributed by atoms with Crippen molar-refractivity contribution in [2.45, 2.75) is 39.8 Å². The standard InChI is InChI=1S/C12H15F3/c1-7(2)11-6-10(12(13,14)15)5-8(3)9(11)4/h5-7H,1-4H3. The molecule has 0 saturated heterocycles. The predicted molar refractivity (Wildman–Crippen MR) is 55.0 cm³/mol. The quantitative estimate of drug-likeness (QED) is 0.650. The van der Waals surface area contributed by atoms with Gasteiger partial charge in [-0.05, 0) is 48.6 Å². The third-order valence-electron chi connectivity index (χ3n) is 2.66. The van der Waals surface area contributed by atoms with Gasteiger partial charge in [-0.15, -0.1) is 0 Å². The van der Waals surface area contributed by atoms with Gasteiger partial charge in [0.1, 0.15) is 0 Å². The number of hydrogen-bond acceptors (Lipinski definition) is 0. The van der Waals surface area contributed by atoms with Gasteiger partial charge in [-0.3, -0.25) is 0 Å². The first-order valence-electron chi connectivity index (χ1n) is 4.92. The van der Waals surface area contributed by atoms with E-state index in [9.17, 15) is 13.2 Å². The van der Waals surface area contributed by atoms with Crippen LogP contribution in [0.2, 0.25) is 0 Å². The second kappa shape index (κ2) is 3.87. The van der Waals surface area contributed by atoms with Gasteiger partial charge in [-0.25, -0.2) is 0 Å². The van der Waals surface area contributed by atoms with E-state index in [1.165, 1.54) is 12.1 Å².